The Labute approximate surface area is 148 Å². The van der Waals surface area contributed by atoms with E-state index < -0.39 is 11.8 Å². The number of nitrogens with zero attached hydrogens (tertiary/aromatic N) is 1. The first-order valence-corrected chi connectivity index (χ1v) is 8.54. The molecular formula is C21H23NO3. The van der Waals surface area contributed by atoms with Crippen LogP contribution in [0.15, 0.2) is 54.6 Å². The van der Waals surface area contributed by atoms with E-state index in [1.165, 1.54) is 0 Å². The molecule has 1 saturated heterocycles. The van der Waals surface area contributed by atoms with Crippen molar-refractivity contribution in [2.45, 2.75) is 39.5 Å². The van der Waals surface area contributed by atoms with Crippen molar-refractivity contribution in [3.05, 3.63) is 60.2 Å². The molecule has 0 aromatic heterocycles. The lowest BCUT2D eigenvalue weighted by Crippen LogP contribution is -2.50. The number of hydrogen-bond acceptors (Lipinski definition) is 3. The van der Waals surface area contributed by atoms with Gasteiger partial charge in [-0.05, 0) is 37.0 Å². The van der Waals surface area contributed by atoms with Crippen LogP contribution in [0.5, 0.6) is 0 Å². The van der Waals surface area contributed by atoms with Gasteiger partial charge in [0.1, 0.15) is 6.04 Å². The van der Waals surface area contributed by atoms with E-state index in [4.69, 9.17) is 4.74 Å². The third-order valence-corrected chi connectivity index (χ3v) is 4.54. The summed E-state index contributed by atoms with van der Waals surface area (Å²) in [4.78, 5) is 27.3. The second-order valence-corrected chi connectivity index (χ2v) is 7.14. The molecule has 2 aromatic rings. The molecule has 4 heteroatoms. The molecule has 1 atom stereocenters. The number of benzene rings is 2. The van der Waals surface area contributed by atoms with E-state index in [2.05, 4.69) is 0 Å². The van der Waals surface area contributed by atoms with Crippen molar-refractivity contribution < 1.29 is 14.3 Å². The summed E-state index contributed by atoms with van der Waals surface area (Å²) in [5, 5.41) is 0. The number of esters is 1. The van der Waals surface area contributed by atoms with Gasteiger partial charge in [-0.3, -0.25) is 9.69 Å². The fraction of sp³-hybridized carbons (Fsp3) is 0.333. The lowest BCUT2D eigenvalue weighted by Gasteiger charge is -2.33. The van der Waals surface area contributed by atoms with E-state index in [-0.39, 0.29) is 17.8 Å². The quantitative estimate of drug-likeness (QED) is 0.792. The highest BCUT2D eigenvalue weighted by molar-refractivity contribution is 6.03. The molecule has 1 aliphatic heterocycles. The molecule has 1 amide bonds. The van der Waals surface area contributed by atoms with Gasteiger partial charge in [0.25, 0.3) is 5.91 Å². The van der Waals surface area contributed by atoms with E-state index in [0.29, 0.717) is 5.56 Å². The van der Waals surface area contributed by atoms with Gasteiger partial charge < -0.3 is 4.74 Å². The Bertz CT molecular complexity index is 796. The maximum atomic E-state index is 13.4. The maximum absolute atomic E-state index is 13.4. The van der Waals surface area contributed by atoms with Crippen molar-refractivity contribution in [2.75, 3.05) is 0 Å². The van der Waals surface area contributed by atoms with Crippen LogP contribution in [0.2, 0.25) is 0 Å². The van der Waals surface area contributed by atoms with Gasteiger partial charge in [-0.1, -0.05) is 62.4 Å². The third-order valence-electron chi connectivity index (χ3n) is 4.54. The van der Waals surface area contributed by atoms with Crippen molar-refractivity contribution in [3.8, 4) is 11.1 Å². The van der Waals surface area contributed by atoms with Crippen LogP contribution in [0.4, 0.5) is 0 Å². The normalized spacial score (nSPS) is 19.2. The number of carbonyl (C=O) groups excluding carboxylic acids is 2. The Kier molecular flexibility index (Phi) is 4.38. The predicted octanol–water partition coefficient (Wildman–Crippen LogP) is 4.11. The van der Waals surface area contributed by atoms with Crippen LogP contribution in [0.3, 0.4) is 0 Å². The van der Waals surface area contributed by atoms with Gasteiger partial charge >= 0.3 is 5.97 Å². The Morgan fingerprint density at radius 1 is 1.04 bits per heavy atom. The van der Waals surface area contributed by atoms with Crippen LogP contribution in [-0.4, -0.2) is 28.5 Å². The van der Waals surface area contributed by atoms with Crippen molar-refractivity contribution in [1.82, 2.24) is 4.90 Å². The molecule has 3 rings (SSSR count). The van der Waals surface area contributed by atoms with Gasteiger partial charge in [0.05, 0.1) is 0 Å². The van der Waals surface area contributed by atoms with Gasteiger partial charge in [0.2, 0.25) is 0 Å². The number of hydrogen-bond donors (Lipinski definition) is 0. The van der Waals surface area contributed by atoms with Crippen LogP contribution in [0, 0.1) is 5.92 Å². The van der Waals surface area contributed by atoms with E-state index in [9.17, 15) is 9.59 Å². The summed E-state index contributed by atoms with van der Waals surface area (Å²) in [6, 6.07) is 16.7. The van der Waals surface area contributed by atoms with E-state index in [1.807, 2.05) is 62.4 Å². The lowest BCUT2D eigenvalue weighted by atomic mass is 9.96. The van der Waals surface area contributed by atoms with Crippen LogP contribution in [0.25, 0.3) is 11.1 Å². The molecule has 1 aliphatic rings. The first-order valence-electron chi connectivity index (χ1n) is 8.54. The number of carbonyl (C=O) groups is 2. The third kappa shape index (κ3) is 3.04. The number of ether oxygens (including phenoxy) is 1. The summed E-state index contributed by atoms with van der Waals surface area (Å²) in [6.45, 7) is 7.38. The molecule has 0 radical (unpaired) electrons. The minimum absolute atomic E-state index is 0.0258. The summed E-state index contributed by atoms with van der Waals surface area (Å²) in [5.41, 5.74) is 1.43. The van der Waals surface area contributed by atoms with Crippen LogP contribution in [0.1, 0.15) is 38.1 Å². The van der Waals surface area contributed by atoms with Crippen molar-refractivity contribution in [1.29, 1.82) is 0 Å². The largest absolute Gasteiger partial charge is 0.438 e. The monoisotopic (exact) mass is 337 g/mol. The van der Waals surface area contributed by atoms with Crippen molar-refractivity contribution in [2.24, 2.45) is 5.92 Å². The van der Waals surface area contributed by atoms with Crippen molar-refractivity contribution in [3.63, 3.8) is 0 Å². The molecule has 0 bridgehead atoms. The molecule has 0 unspecified atom stereocenters. The second kappa shape index (κ2) is 6.36. The summed E-state index contributed by atoms with van der Waals surface area (Å²) in [5.74, 6) is -0.554. The zero-order valence-corrected chi connectivity index (χ0v) is 15.0. The second-order valence-electron chi connectivity index (χ2n) is 7.14. The first kappa shape index (κ1) is 17.2. The SMILES string of the molecule is CC(C)[C@H]1C(=O)OC(C)(C)N1C(=O)c1ccccc1-c1ccccc1. The fourth-order valence-corrected chi connectivity index (χ4v) is 3.41. The summed E-state index contributed by atoms with van der Waals surface area (Å²) >= 11 is 0. The van der Waals surface area contributed by atoms with Gasteiger partial charge in [-0.25, -0.2) is 4.79 Å². The molecule has 1 fully saturated rings. The summed E-state index contributed by atoms with van der Waals surface area (Å²) in [7, 11) is 0. The molecule has 0 N–H and O–H groups in total. The number of rotatable bonds is 3. The molecule has 1 heterocycles. The van der Waals surface area contributed by atoms with Gasteiger partial charge in [0, 0.05) is 5.56 Å². The number of amides is 1. The number of cyclic esters (lactones) is 1. The predicted molar refractivity (Wildman–Crippen MR) is 96.8 cm³/mol. The Balaban J connectivity index is 2.08. The summed E-state index contributed by atoms with van der Waals surface area (Å²) in [6.07, 6.45) is 0. The molecule has 0 spiro atoms. The highest BCUT2D eigenvalue weighted by Crippen LogP contribution is 2.35. The minimum Gasteiger partial charge on any atom is -0.438 e. The van der Waals surface area contributed by atoms with Crippen LogP contribution in [-0.2, 0) is 9.53 Å². The Morgan fingerprint density at radius 2 is 1.64 bits per heavy atom. The van der Waals surface area contributed by atoms with Gasteiger partial charge in [0.15, 0.2) is 5.72 Å². The standard InChI is InChI=1S/C21H23NO3/c1-14(2)18-20(24)25-21(3,4)22(18)19(23)17-13-9-8-12-16(17)15-10-6-5-7-11-15/h5-14,18H,1-4H3/t18-/m0/s1. The lowest BCUT2D eigenvalue weighted by molar-refractivity contribution is -0.148. The Hall–Kier alpha value is -2.62. The maximum Gasteiger partial charge on any atom is 0.331 e. The average Bonchev–Trinajstić information content (AvgIpc) is 2.83. The molecule has 4 nitrogen and oxygen atoms in total. The van der Waals surface area contributed by atoms with E-state index in [1.54, 1.807) is 24.8 Å². The fourth-order valence-electron chi connectivity index (χ4n) is 3.41. The van der Waals surface area contributed by atoms with Gasteiger partial charge in [-0.2, -0.15) is 0 Å². The average molecular weight is 337 g/mol. The zero-order chi connectivity index (χ0) is 18.2. The van der Waals surface area contributed by atoms with E-state index >= 15 is 0 Å². The van der Waals surface area contributed by atoms with Crippen molar-refractivity contribution >= 4 is 11.9 Å². The zero-order valence-electron chi connectivity index (χ0n) is 15.0. The Morgan fingerprint density at radius 3 is 2.28 bits per heavy atom. The smallest absolute Gasteiger partial charge is 0.331 e. The summed E-state index contributed by atoms with van der Waals surface area (Å²) < 4.78 is 5.49. The van der Waals surface area contributed by atoms with Crippen LogP contribution >= 0.6 is 0 Å². The molecule has 25 heavy (non-hydrogen) atoms. The molecule has 0 saturated carbocycles. The van der Waals surface area contributed by atoms with Crippen LogP contribution < -0.4 is 0 Å². The molecular weight excluding hydrogens is 314 g/mol. The highest BCUT2D eigenvalue weighted by Gasteiger charge is 2.51. The molecule has 130 valence electrons. The minimum atomic E-state index is -0.965. The molecule has 2 aromatic carbocycles. The van der Waals surface area contributed by atoms with E-state index in [0.717, 1.165) is 11.1 Å². The van der Waals surface area contributed by atoms with Gasteiger partial charge in [-0.15, -0.1) is 0 Å². The molecule has 0 aliphatic carbocycles. The first-order chi connectivity index (χ1) is 11.8. The topological polar surface area (TPSA) is 46.6 Å². The highest BCUT2D eigenvalue weighted by atomic mass is 16.6.